The maximum absolute atomic E-state index is 12.5. The molecule has 2 aromatic carbocycles. The zero-order valence-electron chi connectivity index (χ0n) is 17.8. The number of carbonyl (C=O) groups excluding carboxylic acids is 1. The van der Waals surface area contributed by atoms with Crippen molar-refractivity contribution in [2.75, 3.05) is 0 Å². The Morgan fingerprint density at radius 3 is 2.59 bits per heavy atom. The molecule has 5 nitrogen and oxygen atoms in total. The Balaban J connectivity index is 1.75. The summed E-state index contributed by atoms with van der Waals surface area (Å²) in [6.45, 7) is 3.53. The minimum Gasteiger partial charge on any atom is -0.273 e. The number of hydrogen-bond acceptors (Lipinski definition) is 4. The number of hydrazone groups is 1. The molecule has 0 unspecified atom stereocenters. The van der Waals surface area contributed by atoms with Gasteiger partial charge in [0.2, 0.25) is 5.91 Å². The SMILES string of the molecule is CC(=O)N1N=C(c2c(C)nc3ccc(Cl)cc3c2-c2ccccc2)C[C@H]1c1cccnc1. The summed E-state index contributed by atoms with van der Waals surface area (Å²) in [6.07, 6.45) is 4.11. The molecule has 0 radical (unpaired) electrons. The Hall–Kier alpha value is -3.57. The average molecular weight is 441 g/mol. The van der Waals surface area contributed by atoms with Crippen LogP contribution in [0.2, 0.25) is 5.02 Å². The van der Waals surface area contributed by atoms with Crippen LogP contribution in [0.1, 0.15) is 36.2 Å². The van der Waals surface area contributed by atoms with Crippen molar-refractivity contribution < 1.29 is 4.79 Å². The molecule has 0 N–H and O–H groups in total. The second kappa shape index (κ2) is 8.17. The number of pyridine rings is 2. The minimum absolute atomic E-state index is 0.107. The Bertz CT molecular complexity index is 1350. The van der Waals surface area contributed by atoms with Gasteiger partial charge < -0.3 is 0 Å². The highest BCUT2D eigenvalue weighted by atomic mass is 35.5. The van der Waals surface area contributed by atoms with Gasteiger partial charge in [-0.3, -0.25) is 14.8 Å². The molecule has 4 aromatic rings. The van der Waals surface area contributed by atoms with E-state index in [0.29, 0.717) is 11.4 Å². The number of benzene rings is 2. The monoisotopic (exact) mass is 440 g/mol. The molecule has 1 aliphatic heterocycles. The quantitative estimate of drug-likeness (QED) is 0.395. The summed E-state index contributed by atoms with van der Waals surface area (Å²) in [5, 5.41) is 7.97. The molecular weight excluding hydrogens is 420 g/mol. The van der Waals surface area contributed by atoms with E-state index in [0.717, 1.165) is 44.6 Å². The molecule has 1 amide bonds. The van der Waals surface area contributed by atoms with Crippen molar-refractivity contribution in [2.24, 2.45) is 5.10 Å². The summed E-state index contributed by atoms with van der Waals surface area (Å²) in [6, 6.07) is 19.6. The highest BCUT2D eigenvalue weighted by Crippen LogP contribution is 2.39. The first-order valence-electron chi connectivity index (χ1n) is 10.5. The predicted octanol–water partition coefficient (Wildman–Crippen LogP) is 5.96. The zero-order chi connectivity index (χ0) is 22.2. The first kappa shape index (κ1) is 20.3. The van der Waals surface area contributed by atoms with Crippen molar-refractivity contribution in [3.05, 3.63) is 94.9 Å². The van der Waals surface area contributed by atoms with Crippen molar-refractivity contribution in [3.8, 4) is 11.1 Å². The summed E-state index contributed by atoms with van der Waals surface area (Å²) < 4.78 is 0. The molecule has 0 fully saturated rings. The van der Waals surface area contributed by atoms with Gasteiger partial charge in [0, 0.05) is 53.0 Å². The van der Waals surface area contributed by atoms with Crippen LogP contribution >= 0.6 is 11.6 Å². The first-order valence-corrected chi connectivity index (χ1v) is 10.8. The zero-order valence-corrected chi connectivity index (χ0v) is 18.5. The Kier molecular flexibility index (Phi) is 5.19. The molecule has 5 rings (SSSR count). The largest absolute Gasteiger partial charge is 0.273 e. The molecule has 0 saturated carbocycles. The molecule has 6 heteroatoms. The average Bonchev–Trinajstić information content (AvgIpc) is 3.25. The summed E-state index contributed by atoms with van der Waals surface area (Å²) in [4.78, 5) is 21.6. The molecule has 1 atom stereocenters. The number of amides is 1. The van der Waals surface area contributed by atoms with Crippen molar-refractivity contribution in [1.82, 2.24) is 15.0 Å². The molecule has 0 bridgehead atoms. The van der Waals surface area contributed by atoms with E-state index >= 15 is 0 Å². The van der Waals surface area contributed by atoms with Crippen LogP contribution in [0.15, 0.2) is 78.2 Å². The maximum atomic E-state index is 12.5. The van der Waals surface area contributed by atoms with Crippen molar-refractivity contribution >= 4 is 34.1 Å². The third-order valence-corrected chi connectivity index (χ3v) is 6.02. The van der Waals surface area contributed by atoms with Crippen LogP contribution in [0.3, 0.4) is 0 Å². The fraction of sp³-hybridized carbons (Fsp3) is 0.154. The van der Waals surface area contributed by atoms with E-state index in [-0.39, 0.29) is 11.9 Å². The number of carbonyl (C=O) groups is 1. The fourth-order valence-corrected chi connectivity index (χ4v) is 4.57. The van der Waals surface area contributed by atoms with Gasteiger partial charge in [0.1, 0.15) is 0 Å². The van der Waals surface area contributed by atoms with Gasteiger partial charge in [-0.05, 0) is 42.3 Å². The van der Waals surface area contributed by atoms with Crippen molar-refractivity contribution in [2.45, 2.75) is 26.3 Å². The van der Waals surface area contributed by atoms with E-state index in [1.165, 1.54) is 0 Å². The van der Waals surface area contributed by atoms with Crippen LogP contribution in [0.25, 0.3) is 22.0 Å². The molecule has 3 heterocycles. The summed E-state index contributed by atoms with van der Waals surface area (Å²) in [5.41, 5.74) is 6.57. The van der Waals surface area contributed by atoms with E-state index in [4.69, 9.17) is 21.7 Å². The number of nitrogens with zero attached hydrogens (tertiary/aromatic N) is 4. The normalized spacial score (nSPS) is 15.8. The molecule has 0 saturated heterocycles. The fourth-order valence-electron chi connectivity index (χ4n) is 4.40. The van der Waals surface area contributed by atoms with E-state index in [9.17, 15) is 4.79 Å². The number of halogens is 1. The smallest absolute Gasteiger partial charge is 0.240 e. The highest BCUT2D eigenvalue weighted by Gasteiger charge is 2.33. The summed E-state index contributed by atoms with van der Waals surface area (Å²) >= 11 is 6.38. The van der Waals surface area contributed by atoms with Crippen molar-refractivity contribution in [1.29, 1.82) is 0 Å². The van der Waals surface area contributed by atoms with E-state index < -0.39 is 0 Å². The summed E-state index contributed by atoms with van der Waals surface area (Å²) in [7, 11) is 0. The lowest BCUT2D eigenvalue weighted by Gasteiger charge is -2.19. The van der Waals surface area contributed by atoms with Gasteiger partial charge in [-0.15, -0.1) is 0 Å². The number of hydrogen-bond donors (Lipinski definition) is 0. The van der Waals surface area contributed by atoms with Crippen LogP contribution in [0, 0.1) is 6.92 Å². The predicted molar refractivity (Wildman–Crippen MR) is 128 cm³/mol. The van der Waals surface area contributed by atoms with Gasteiger partial charge in [-0.25, -0.2) is 5.01 Å². The molecular formula is C26H21ClN4O. The van der Waals surface area contributed by atoms with Gasteiger partial charge in [-0.1, -0.05) is 48.0 Å². The standard InChI is InChI=1S/C26H21ClN4O/c1-16-25(23-14-24(31(30-23)17(2)32)19-9-6-12-28-15-19)26(18-7-4-3-5-8-18)21-13-20(27)10-11-22(21)29-16/h3-13,15,24H,14H2,1-2H3/t24-/m0/s1. The van der Waals surface area contributed by atoms with Crippen molar-refractivity contribution in [3.63, 3.8) is 0 Å². The third-order valence-electron chi connectivity index (χ3n) is 5.78. The van der Waals surface area contributed by atoms with Gasteiger partial charge in [0.15, 0.2) is 0 Å². The van der Waals surface area contributed by atoms with Crippen LogP contribution in [-0.4, -0.2) is 26.6 Å². The molecule has 2 aromatic heterocycles. The number of fused-ring (bicyclic) bond motifs is 1. The van der Waals surface area contributed by atoms with E-state index in [2.05, 4.69) is 17.1 Å². The maximum Gasteiger partial charge on any atom is 0.240 e. The van der Waals surface area contributed by atoms with E-state index in [1.807, 2.05) is 55.5 Å². The van der Waals surface area contributed by atoms with E-state index in [1.54, 1.807) is 24.3 Å². The van der Waals surface area contributed by atoms with Crippen LogP contribution in [0.4, 0.5) is 0 Å². The summed E-state index contributed by atoms with van der Waals surface area (Å²) in [5.74, 6) is -0.107. The molecule has 1 aliphatic rings. The lowest BCUT2D eigenvalue weighted by molar-refractivity contribution is -0.130. The molecule has 32 heavy (non-hydrogen) atoms. The van der Waals surface area contributed by atoms with Gasteiger partial charge in [0.05, 0.1) is 17.3 Å². The van der Waals surface area contributed by atoms with Crippen LogP contribution in [0.5, 0.6) is 0 Å². The third kappa shape index (κ3) is 3.55. The second-order valence-electron chi connectivity index (χ2n) is 7.89. The van der Waals surface area contributed by atoms with Crippen LogP contribution < -0.4 is 0 Å². The number of rotatable bonds is 3. The first-order chi connectivity index (χ1) is 15.5. The minimum atomic E-state index is -0.200. The Labute approximate surface area is 191 Å². The Morgan fingerprint density at radius 2 is 1.88 bits per heavy atom. The molecule has 158 valence electrons. The molecule has 0 aliphatic carbocycles. The van der Waals surface area contributed by atoms with Gasteiger partial charge >= 0.3 is 0 Å². The van der Waals surface area contributed by atoms with Crippen LogP contribution in [-0.2, 0) is 4.79 Å². The highest BCUT2D eigenvalue weighted by molar-refractivity contribution is 6.31. The Morgan fingerprint density at radius 1 is 1.06 bits per heavy atom. The lowest BCUT2D eigenvalue weighted by atomic mass is 9.89. The number of aromatic nitrogens is 2. The van der Waals surface area contributed by atoms with Gasteiger partial charge in [0.25, 0.3) is 0 Å². The second-order valence-corrected chi connectivity index (χ2v) is 8.33. The topological polar surface area (TPSA) is 58.5 Å². The number of aryl methyl sites for hydroxylation is 1. The lowest BCUT2D eigenvalue weighted by Crippen LogP contribution is -2.24. The molecule has 0 spiro atoms. The van der Waals surface area contributed by atoms with Gasteiger partial charge in [-0.2, -0.15) is 5.10 Å².